The highest BCUT2D eigenvalue weighted by atomic mass is 35.5. The number of allylic oxidation sites excluding steroid dienone is 2. The second kappa shape index (κ2) is 10.1. The fraction of sp³-hybridized carbons (Fsp3) is 0.684. The van der Waals surface area contributed by atoms with E-state index in [9.17, 15) is 13.2 Å². The summed E-state index contributed by atoms with van der Waals surface area (Å²) in [5, 5.41) is 0.277. The van der Waals surface area contributed by atoms with Crippen molar-refractivity contribution < 1.29 is 13.2 Å². The first kappa shape index (κ1) is 23.9. The molecule has 3 N–H and O–H groups in total. The molecule has 2 fully saturated rings. The molecule has 1 amide bonds. The minimum atomic E-state index is -3.17. The van der Waals surface area contributed by atoms with Crippen LogP contribution in [-0.4, -0.2) is 74.5 Å². The molecule has 29 heavy (non-hydrogen) atoms. The number of rotatable bonds is 6. The van der Waals surface area contributed by atoms with Gasteiger partial charge in [-0.05, 0) is 58.2 Å². The predicted octanol–water partition coefficient (Wildman–Crippen LogP) is 1.39. The Bertz CT molecular complexity index is 789. The number of nitrogens with zero attached hydrogens (tertiary/aromatic N) is 3. The van der Waals surface area contributed by atoms with Crippen molar-refractivity contribution in [3.8, 4) is 0 Å². The van der Waals surface area contributed by atoms with Crippen LogP contribution < -0.4 is 10.5 Å². The van der Waals surface area contributed by atoms with Crippen LogP contribution in [0.4, 0.5) is 0 Å². The Balaban J connectivity index is 1.93. The lowest BCUT2D eigenvalue weighted by molar-refractivity contribution is -0.128. The number of sulfonamides is 1. The van der Waals surface area contributed by atoms with Crippen LogP contribution in [0.25, 0.3) is 0 Å². The van der Waals surface area contributed by atoms with E-state index in [4.69, 9.17) is 17.3 Å². The van der Waals surface area contributed by atoms with Crippen LogP contribution in [0, 0.1) is 0 Å². The molecule has 0 radical (unpaired) electrons. The number of piperidine rings is 2. The smallest absolute Gasteiger partial charge is 0.272 e. The maximum atomic E-state index is 13.0. The number of likely N-dealkylation sites (tertiary alicyclic amines) is 2. The van der Waals surface area contributed by atoms with Gasteiger partial charge in [0.15, 0.2) is 0 Å². The van der Waals surface area contributed by atoms with Crippen LogP contribution in [0.1, 0.15) is 39.5 Å². The molecule has 2 rings (SSSR count). The van der Waals surface area contributed by atoms with Crippen LogP contribution in [-0.2, 0) is 14.8 Å². The van der Waals surface area contributed by atoms with Crippen molar-refractivity contribution in [2.75, 3.05) is 32.4 Å². The highest BCUT2D eigenvalue weighted by molar-refractivity contribution is 7.88. The second-order valence-corrected chi connectivity index (χ2v) is 10.1. The summed E-state index contributed by atoms with van der Waals surface area (Å²) in [7, 11) is -3.17. The third-order valence-corrected chi connectivity index (χ3v) is 6.48. The van der Waals surface area contributed by atoms with Crippen molar-refractivity contribution in [1.82, 2.24) is 14.5 Å². The van der Waals surface area contributed by atoms with Crippen LogP contribution in [0.2, 0.25) is 0 Å². The minimum Gasteiger partial charge on any atom is -0.387 e. The number of halogens is 1. The van der Waals surface area contributed by atoms with Crippen molar-refractivity contribution in [3.05, 3.63) is 22.9 Å². The maximum Gasteiger partial charge on any atom is 0.272 e. The molecule has 0 bridgehead atoms. The van der Waals surface area contributed by atoms with Gasteiger partial charge in [-0.2, -0.15) is 0 Å². The van der Waals surface area contributed by atoms with Crippen LogP contribution in [0.3, 0.4) is 0 Å². The third-order valence-electron chi connectivity index (χ3n) is 5.43. The van der Waals surface area contributed by atoms with Gasteiger partial charge in [0.2, 0.25) is 10.0 Å². The van der Waals surface area contributed by atoms with Gasteiger partial charge in [0.1, 0.15) is 5.70 Å². The lowest BCUT2D eigenvalue weighted by Crippen LogP contribution is -2.51. The molecule has 0 aromatic heterocycles. The fourth-order valence-corrected chi connectivity index (χ4v) is 4.80. The average molecular weight is 446 g/mol. The molecule has 2 heterocycles. The Labute approximate surface area is 178 Å². The second-order valence-electron chi connectivity index (χ2n) is 7.86. The molecule has 2 aliphatic heterocycles. The molecule has 164 valence electrons. The van der Waals surface area contributed by atoms with Crippen molar-refractivity contribution in [1.29, 1.82) is 0 Å². The van der Waals surface area contributed by atoms with Gasteiger partial charge in [0, 0.05) is 30.2 Å². The molecule has 0 unspecified atom stereocenters. The van der Waals surface area contributed by atoms with Gasteiger partial charge in [0.25, 0.3) is 5.91 Å². The minimum absolute atomic E-state index is 0.0135. The molecule has 0 aromatic rings. The van der Waals surface area contributed by atoms with Crippen LogP contribution in [0.15, 0.2) is 27.9 Å². The normalized spacial score (nSPS) is 21.8. The molecule has 0 atom stereocenters. The number of amidine groups is 1. The van der Waals surface area contributed by atoms with Crippen LogP contribution >= 0.6 is 11.6 Å². The molecule has 8 nitrogen and oxygen atoms in total. The zero-order valence-electron chi connectivity index (χ0n) is 17.4. The van der Waals surface area contributed by atoms with E-state index < -0.39 is 10.0 Å². The van der Waals surface area contributed by atoms with E-state index in [1.54, 1.807) is 18.7 Å². The number of aliphatic imine (C=N–C) groups is 1. The van der Waals surface area contributed by atoms with Crippen molar-refractivity contribution in [2.45, 2.75) is 51.6 Å². The first-order valence-corrected chi connectivity index (χ1v) is 12.1. The average Bonchev–Trinajstić information content (AvgIpc) is 2.64. The summed E-state index contributed by atoms with van der Waals surface area (Å²) in [6.45, 7) is 10.0. The quantitative estimate of drug-likeness (QED) is 0.278. The Morgan fingerprint density at radius 1 is 1.14 bits per heavy atom. The first-order chi connectivity index (χ1) is 13.5. The Morgan fingerprint density at radius 3 is 2.14 bits per heavy atom. The van der Waals surface area contributed by atoms with Crippen molar-refractivity contribution in [3.63, 3.8) is 0 Å². The number of nitrogens with two attached hydrogens (primary N) is 1. The highest BCUT2D eigenvalue weighted by Crippen LogP contribution is 2.24. The van der Waals surface area contributed by atoms with E-state index in [2.05, 4.69) is 21.2 Å². The van der Waals surface area contributed by atoms with E-state index >= 15 is 0 Å². The van der Waals surface area contributed by atoms with E-state index in [1.165, 1.54) is 6.26 Å². The van der Waals surface area contributed by atoms with Crippen molar-refractivity contribution in [2.24, 2.45) is 10.7 Å². The maximum absolute atomic E-state index is 13.0. The molecule has 0 saturated carbocycles. The van der Waals surface area contributed by atoms with Gasteiger partial charge in [-0.25, -0.2) is 18.1 Å². The summed E-state index contributed by atoms with van der Waals surface area (Å²) < 4.78 is 25.5. The van der Waals surface area contributed by atoms with E-state index in [0.717, 1.165) is 38.8 Å². The van der Waals surface area contributed by atoms with E-state index in [0.29, 0.717) is 30.5 Å². The SMILES string of the molecule is C=C(Cl)/C(C)=C(\N=C(C)N)C(=O)N1CCC(N2CCC(NS(C)(=O)=O)CC2)CC1. The van der Waals surface area contributed by atoms with Gasteiger partial charge < -0.3 is 15.5 Å². The fourth-order valence-electron chi connectivity index (χ4n) is 3.87. The van der Waals surface area contributed by atoms with Crippen LogP contribution in [0.5, 0.6) is 0 Å². The summed E-state index contributed by atoms with van der Waals surface area (Å²) >= 11 is 5.98. The molecule has 2 aliphatic rings. The molecule has 0 aliphatic carbocycles. The Kier molecular flexibility index (Phi) is 8.28. The van der Waals surface area contributed by atoms with E-state index in [-0.39, 0.29) is 22.7 Å². The van der Waals surface area contributed by atoms with Gasteiger partial charge in [0.05, 0.1) is 12.1 Å². The molecule has 0 aromatic carbocycles. The molecular weight excluding hydrogens is 414 g/mol. The molecule has 0 spiro atoms. The van der Waals surface area contributed by atoms with Gasteiger partial charge in [-0.15, -0.1) is 0 Å². The first-order valence-electron chi connectivity index (χ1n) is 9.85. The van der Waals surface area contributed by atoms with Gasteiger partial charge >= 0.3 is 0 Å². The Hall–Kier alpha value is -1.42. The largest absolute Gasteiger partial charge is 0.387 e. The zero-order valence-corrected chi connectivity index (χ0v) is 19.0. The lowest BCUT2D eigenvalue weighted by Gasteiger charge is -2.41. The zero-order chi connectivity index (χ0) is 21.8. The molecule has 2 saturated heterocycles. The highest BCUT2D eigenvalue weighted by Gasteiger charge is 2.31. The predicted molar refractivity (Wildman–Crippen MR) is 117 cm³/mol. The number of carbonyl (C=O) groups excluding carboxylic acids is 1. The lowest BCUT2D eigenvalue weighted by atomic mass is 9.98. The summed E-state index contributed by atoms with van der Waals surface area (Å²) in [5.41, 5.74) is 6.47. The monoisotopic (exact) mass is 445 g/mol. The standard InChI is InChI=1S/C19H32ClN5O3S/c1-13(14(2)20)18(22-15(3)21)19(26)25-11-7-17(8-12-25)24-9-5-16(6-10-24)23-29(4,27)28/h16-17,23H,2,5-12H2,1,3-4H3,(H2,21,22)/b18-13-. The molecule has 10 heteroatoms. The summed E-state index contributed by atoms with van der Waals surface area (Å²) in [4.78, 5) is 21.4. The molecular formula is C19H32ClN5O3S. The van der Waals surface area contributed by atoms with E-state index in [1.807, 2.05) is 0 Å². The Morgan fingerprint density at radius 2 is 1.69 bits per heavy atom. The summed E-state index contributed by atoms with van der Waals surface area (Å²) in [6, 6.07) is 0.411. The topological polar surface area (TPSA) is 108 Å². The number of hydrogen-bond donors (Lipinski definition) is 2. The summed E-state index contributed by atoms with van der Waals surface area (Å²) in [6.07, 6.45) is 4.55. The summed E-state index contributed by atoms with van der Waals surface area (Å²) in [5.74, 6) is 0.120. The van der Waals surface area contributed by atoms with Crippen molar-refractivity contribution >= 4 is 33.4 Å². The van der Waals surface area contributed by atoms with Gasteiger partial charge in [-0.1, -0.05) is 18.2 Å². The van der Waals surface area contributed by atoms with Gasteiger partial charge in [-0.3, -0.25) is 4.79 Å². The number of carbonyl (C=O) groups is 1. The number of hydrogen-bond acceptors (Lipinski definition) is 5. The third kappa shape index (κ3) is 7.09. The number of amides is 1. The number of nitrogens with one attached hydrogen (secondary N) is 1.